The molecule has 0 bridgehead atoms. The molecule has 0 aliphatic carbocycles. The first-order chi connectivity index (χ1) is 8.88. The van der Waals surface area contributed by atoms with Crippen molar-refractivity contribution in [2.24, 2.45) is 0 Å². The Kier molecular flexibility index (Phi) is 5.30. The van der Waals surface area contributed by atoms with Crippen molar-refractivity contribution in [2.75, 3.05) is 26.9 Å². The standard InChI is InChI=1S/C14H20O4/c1-15-12-5-4-6-13(11-12)16-9-10-18-14-7-2-3-8-17-14/h4-6,11,14H,2-3,7-10H2,1H3. The molecule has 1 aromatic carbocycles. The summed E-state index contributed by atoms with van der Waals surface area (Å²) in [6, 6.07) is 7.55. The quantitative estimate of drug-likeness (QED) is 0.729. The SMILES string of the molecule is COc1cccc(OCCOC2CCCCO2)c1. The molecule has 0 N–H and O–H groups in total. The lowest BCUT2D eigenvalue weighted by atomic mass is 10.2. The van der Waals surface area contributed by atoms with Gasteiger partial charge in [-0.15, -0.1) is 0 Å². The third-order valence-corrected chi connectivity index (χ3v) is 2.83. The van der Waals surface area contributed by atoms with E-state index in [1.54, 1.807) is 7.11 Å². The average Bonchev–Trinajstić information content (AvgIpc) is 2.45. The maximum atomic E-state index is 5.58. The molecule has 100 valence electrons. The summed E-state index contributed by atoms with van der Waals surface area (Å²) < 4.78 is 21.8. The second kappa shape index (κ2) is 7.24. The number of ether oxygens (including phenoxy) is 4. The zero-order chi connectivity index (χ0) is 12.6. The van der Waals surface area contributed by atoms with Crippen LogP contribution in [0.4, 0.5) is 0 Å². The first-order valence-electron chi connectivity index (χ1n) is 6.38. The van der Waals surface area contributed by atoms with Gasteiger partial charge in [0, 0.05) is 12.7 Å². The van der Waals surface area contributed by atoms with Crippen LogP contribution in [-0.2, 0) is 9.47 Å². The summed E-state index contributed by atoms with van der Waals surface area (Å²) >= 11 is 0. The Morgan fingerprint density at radius 2 is 2.11 bits per heavy atom. The van der Waals surface area contributed by atoms with Crippen molar-refractivity contribution in [3.63, 3.8) is 0 Å². The smallest absolute Gasteiger partial charge is 0.157 e. The Labute approximate surface area is 108 Å². The Bertz CT molecular complexity index is 347. The van der Waals surface area contributed by atoms with Crippen LogP contribution in [-0.4, -0.2) is 33.2 Å². The number of methoxy groups -OCH3 is 1. The van der Waals surface area contributed by atoms with E-state index in [0.29, 0.717) is 13.2 Å². The zero-order valence-electron chi connectivity index (χ0n) is 10.8. The fourth-order valence-corrected chi connectivity index (χ4v) is 1.87. The molecule has 1 aliphatic heterocycles. The molecule has 0 aromatic heterocycles. The largest absolute Gasteiger partial charge is 0.497 e. The minimum Gasteiger partial charge on any atom is -0.497 e. The molecule has 1 fully saturated rings. The van der Waals surface area contributed by atoms with Gasteiger partial charge < -0.3 is 18.9 Å². The number of hydrogen-bond donors (Lipinski definition) is 0. The maximum absolute atomic E-state index is 5.58. The molecule has 1 aliphatic rings. The minimum atomic E-state index is -0.0485. The number of rotatable bonds is 6. The molecule has 2 rings (SSSR count). The lowest BCUT2D eigenvalue weighted by Crippen LogP contribution is -2.24. The van der Waals surface area contributed by atoms with Crippen molar-refractivity contribution in [3.05, 3.63) is 24.3 Å². The summed E-state index contributed by atoms with van der Waals surface area (Å²) in [5.41, 5.74) is 0. The van der Waals surface area contributed by atoms with Crippen LogP contribution in [0.5, 0.6) is 11.5 Å². The van der Waals surface area contributed by atoms with E-state index in [0.717, 1.165) is 30.9 Å². The van der Waals surface area contributed by atoms with Crippen molar-refractivity contribution >= 4 is 0 Å². The van der Waals surface area contributed by atoms with Crippen LogP contribution >= 0.6 is 0 Å². The van der Waals surface area contributed by atoms with Gasteiger partial charge in [0.25, 0.3) is 0 Å². The molecule has 4 nitrogen and oxygen atoms in total. The van der Waals surface area contributed by atoms with E-state index in [-0.39, 0.29) is 6.29 Å². The molecule has 0 radical (unpaired) electrons. The molecular weight excluding hydrogens is 232 g/mol. The van der Waals surface area contributed by atoms with Gasteiger partial charge in [0.05, 0.1) is 13.7 Å². The molecule has 1 aromatic rings. The van der Waals surface area contributed by atoms with E-state index >= 15 is 0 Å². The summed E-state index contributed by atoms with van der Waals surface area (Å²) in [5.74, 6) is 1.59. The van der Waals surface area contributed by atoms with Gasteiger partial charge in [0.2, 0.25) is 0 Å². The van der Waals surface area contributed by atoms with E-state index in [2.05, 4.69) is 0 Å². The van der Waals surface area contributed by atoms with Gasteiger partial charge in [-0.25, -0.2) is 0 Å². The zero-order valence-corrected chi connectivity index (χ0v) is 10.8. The molecule has 1 heterocycles. The highest BCUT2D eigenvalue weighted by Crippen LogP contribution is 2.19. The summed E-state index contributed by atoms with van der Waals surface area (Å²) in [7, 11) is 1.64. The van der Waals surface area contributed by atoms with Crippen LogP contribution in [0.25, 0.3) is 0 Å². The highest BCUT2D eigenvalue weighted by molar-refractivity contribution is 5.32. The van der Waals surface area contributed by atoms with Crippen LogP contribution in [0, 0.1) is 0 Å². The van der Waals surface area contributed by atoms with Crippen molar-refractivity contribution in [1.82, 2.24) is 0 Å². The van der Waals surface area contributed by atoms with Crippen molar-refractivity contribution in [3.8, 4) is 11.5 Å². The minimum absolute atomic E-state index is 0.0485. The monoisotopic (exact) mass is 252 g/mol. The predicted molar refractivity (Wildman–Crippen MR) is 68.0 cm³/mol. The van der Waals surface area contributed by atoms with Gasteiger partial charge in [0.1, 0.15) is 18.1 Å². The highest BCUT2D eigenvalue weighted by atomic mass is 16.7. The highest BCUT2D eigenvalue weighted by Gasteiger charge is 2.13. The normalized spacial score (nSPS) is 19.5. The van der Waals surface area contributed by atoms with E-state index in [4.69, 9.17) is 18.9 Å². The second-order valence-electron chi connectivity index (χ2n) is 4.19. The Morgan fingerprint density at radius 1 is 1.22 bits per heavy atom. The van der Waals surface area contributed by atoms with Gasteiger partial charge in [-0.3, -0.25) is 0 Å². The summed E-state index contributed by atoms with van der Waals surface area (Å²) in [4.78, 5) is 0. The average molecular weight is 252 g/mol. The summed E-state index contributed by atoms with van der Waals surface area (Å²) in [6.45, 7) is 1.87. The Morgan fingerprint density at radius 3 is 2.89 bits per heavy atom. The van der Waals surface area contributed by atoms with Gasteiger partial charge in [-0.2, -0.15) is 0 Å². The van der Waals surface area contributed by atoms with Crippen LogP contribution in [0.2, 0.25) is 0 Å². The lowest BCUT2D eigenvalue weighted by molar-refractivity contribution is -0.165. The molecule has 1 unspecified atom stereocenters. The predicted octanol–water partition coefficient (Wildman–Crippen LogP) is 2.62. The third kappa shape index (κ3) is 4.20. The van der Waals surface area contributed by atoms with Gasteiger partial charge >= 0.3 is 0 Å². The summed E-state index contributed by atoms with van der Waals surface area (Å²) in [5, 5.41) is 0. The third-order valence-electron chi connectivity index (χ3n) is 2.83. The van der Waals surface area contributed by atoms with E-state index in [9.17, 15) is 0 Å². The van der Waals surface area contributed by atoms with Crippen molar-refractivity contribution < 1.29 is 18.9 Å². The van der Waals surface area contributed by atoms with Crippen LogP contribution < -0.4 is 9.47 Å². The number of hydrogen-bond acceptors (Lipinski definition) is 4. The lowest BCUT2D eigenvalue weighted by Gasteiger charge is -2.22. The van der Waals surface area contributed by atoms with E-state index < -0.39 is 0 Å². The molecule has 0 saturated carbocycles. The topological polar surface area (TPSA) is 36.9 Å². The molecule has 4 heteroatoms. The number of benzene rings is 1. The van der Waals surface area contributed by atoms with Crippen LogP contribution in [0.3, 0.4) is 0 Å². The maximum Gasteiger partial charge on any atom is 0.157 e. The molecular formula is C14H20O4. The fourth-order valence-electron chi connectivity index (χ4n) is 1.87. The molecule has 1 saturated heterocycles. The van der Waals surface area contributed by atoms with Gasteiger partial charge in [-0.1, -0.05) is 6.07 Å². The summed E-state index contributed by atoms with van der Waals surface area (Å²) in [6.07, 6.45) is 3.26. The molecule has 0 amide bonds. The van der Waals surface area contributed by atoms with Crippen molar-refractivity contribution in [1.29, 1.82) is 0 Å². The molecule has 18 heavy (non-hydrogen) atoms. The first-order valence-corrected chi connectivity index (χ1v) is 6.38. The Hall–Kier alpha value is -1.26. The van der Waals surface area contributed by atoms with Crippen molar-refractivity contribution in [2.45, 2.75) is 25.6 Å². The molecule has 1 atom stereocenters. The fraction of sp³-hybridized carbons (Fsp3) is 0.571. The van der Waals surface area contributed by atoms with Crippen LogP contribution in [0.1, 0.15) is 19.3 Å². The Balaban J connectivity index is 1.65. The van der Waals surface area contributed by atoms with Gasteiger partial charge in [0.15, 0.2) is 6.29 Å². The molecule has 0 spiro atoms. The van der Waals surface area contributed by atoms with Crippen LogP contribution in [0.15, 0.2) is 24.3 Å². The first kappa shape index (κ1) is 13.2. The second-order valence-corrected chi connectivity index (χ2v) is 4.19. The van der Waals surface area contributed by atoms with E-state index in [1.807, 2.05) is 24.3 Å². The van der Waals surface area contributed by atoms with Gasteiger partial charge in [-0.05, 0) is 31.4 Å². The van der Waals surface area contributed by atoms with E-state index in [1.165, 1.54) is 6.42 Å².